The summed E-state index contributed by atoms with van der Waals surface area (Å²) in [5.41, 5.74) is -3.46. The highest BCUT2D eigenvalue weighted by molar-refractivity contribution is 7.87. The number of fused-ring (bicyclic) bond motifs is 1. The first-order valence-corrected chi connectivity index (χ1v) is 7.70. The zero-order valence-electron chi connectivity index (χ0n) is 11.6. The smallest absolute Gasteiger partial charge is 0.344 e. The molecule has 3 N–H and O–H groups in total. The molecule has 1 aliphatic rings. The molecule has 0 aromatic heterocycles. The quantitative estimate of drug-likeness (QED) is 0.681. The van der Waals surface area contributed by atoms with Gasteiger partial charge < -0.3 is 6.15 Å². The van der Waals surface area contributed by atoms with Gasteiger partial charge in [-0.25, -0.2) is 0 Å². The van der Waals surface area contributed by atoms with Gasteiger partial charge in [0.25, 0.3) is 0 Å². The number of benzene rings is 1. The van der Waals surface area contributed by atoms with Crippen molar-refractivity contribution in [1.82, 2.24) is 6.15 Å². The maximum atomic E-state index is 12.3. The molecule has 0 spiro atoms. The van der Waals surface area contributed by atoms with Gasteiger partial charge >= 0.3 is 15.6 Å². The molecule has 0 aliphatic heterocycles. The number of rotatable bonds is 3. The van der Waals surface area contributed by atoms with Gasteiger partial charge in [-0.1, -0.05) is 24.3 Å². The molecule has 2 atom stereocenters. The van der Waals surface area contributed by atoms with Gasteiger partial charge in [0.1, 0.15) is 0 Å². The van der Waals surface area contributed by atoms with E-state index in [1.807, 2.05) is 18.2 Å². The van der Waals surface area contributed by atoms with E-state index in [1.54, 1.807) is 6.07 Å². The van der Waals surface area contributed by atoms with Crippen LogP contribution < -0.4 is 6.15 Å². The third-order valence-electron chi connectivity index (χ3n) is 3.54. The van der Waals surface area contributed by atoms with Crippen molar-refractivity contribution in [3.63, 3.8) is 0 Å². The van der Waals surface area contributed by atoms with E-state index in [2.05, 4.69) is 4.18 Å². The number of alkyl halides is 3. The Labute approximate surface area is 122 Å². The number of aryl methyl sites for hydroxylation is 1. The molecule has 4 nitrogen and oxygen atoms in total. The summed E-state index contributed by atoms with van der Waals surface area (Å²) in [6.07, 6.45) is 1.24. The molecule has 0 saturated heterocycles. The third kappa shape index (κ3) is 3.75. The lowest BCUT2D eigenvalue weighted by Gasteiger charge is -2.29. The topological polar surface area (TPSA) is 78.4 Å². The van der Waals surface area contributed by atoms with Crippen molar-refractivity contribution in [3.05, 3.63) is 35.4 Å². The summed E-state index contributed by atoms with van der Waals surface area (Å²) in [6, 6.07) is 7.38. The van der Waals surface area contributed by atoms with Crippen LogP contribution in [0.3, 0.4) is 0 Å². The van der Waals surface area contributed by atoms with Crippen LogP contribution >= 0.6 is 0 Å². The van der Waals surface area contributed by atoms with Crippen LogP contribution in [0.4, 0.5) is 13.2 Å². The minimum atomic E-state index is -5.55. The highest BCUT2D eigenvalue weighted by atomic mass is 32.2. The summed E-state index contributed by atoms with van der Waals surface area (Å²) in [5.74, 6) is -0.336. The van der Waals surface area contributed by atoms with Gasteiger partial charge in [0.05, 0.1) is 6.10 Å². The summed E-state index contributed by atoms with van der Waals surface area (Å²) in [7, 11) is -5.55. The molecule has 1 aromatic carbocycles. The average molecular weight is 325 g/mol. The molecule has 2 rings (SSSR count). The Hall–Kier alpha value is -1.12. The molecule has 120 valence electrons. The van der Waals surface area contributed by atoms with E-state index in [4.69, 9.17) is 0 Å². The molecule has 0 bridgehead atoms. The lowest BCUT2D eigenvalue weighted by molar-refractivity contribution is -0.0577. The molecular formula is C13H18F3NO3S. The van der Waals surface area contributed by atoms with E-state index in [0.717, 1.165) is 24.0 Å². The van der Waals surface area contributed by atoms with Crippen molar-refractivity contribution in [1.29, 1.82) is 0 Å². The van der Waals surface area contributed by atoms with Crippen LogP contribution in [0.1, 0.15) is 36.8 Å². The number of hydrogen-bond donors (Lipinski definition) is 1. The molecule has 8 heteroatoms. The van der Waals surface area contributed by atoms with Gasteiger partial charge in [0.15, 0.2) is 0 Å². The van der Waals surface area contributed by atoms with Crippen molar-refractivity contribution < 1.29 is 25.8 Å². The van der Waals surface area contributed by atoms with Crippen LogP contribution in [0.25, 0.3) is 0 Å². The molecule has 1 aromatic rings. The van der Waals surface area contributed by atoms with E-state index < -0.39 is 21.7 Å². The lowest BCUT2D eigenvalue weighted by atomic mass is 9.80. The van der Waals surface area contributed by atoms with Gasteiger partial charge in [-0.15, -0.1) is 0 Å². The van der Waals surface area contributed by atoms with E-state index in [-0.39, 0.29) is 12.1 Å². The van der Waals surface area contributed by atoms with Gasteiger partial charge in [0.2, 0.25) is 0 Å². The maximum absolute atomic E-state index is 12.3. The van der Waals surface area contributed by atoms with Crippen LogP contribution in [0.5, 0.6) is 0 Å². The monoisotopic (exact) mass is 325 g/mol. The fourth-order valence-electron chi connectivity index (χ4n) is 2.60. The van der Waals surface area contributed by atoms with Gasteiger partial charge in [-0.05, 0) is 37.3 Å². The molecule has 0 heterocycles. The minimum absolute atomic E-state index is 0. The first-order valence-electron chi connectivity index (χ1n) is 6.30. The van der Waals surface area contributed by atoms with Crippen molar-refractivity contribution >= 4 is 10.1 Å². The number of halogens is 3. The Morgan fingerprint density at radius 2 is 1.90 bits per heavy atom. The standard InChI is InChI=1S/C13H15F3O3S.H3N/c1-9(19-20(17,18)13(14,15)16)11-8-4-6-10-5-2-3-7-12(10)11;/h2-3,5,7,9,11H,4,6,8H2,1H3;1H3. The summed E-state index contributed by atoms with van der Waals surface area (Å²) in [5, 5.41) is 0. The molecule has 0 saturated carbocycles. The molecule has 0 amide bonds. The van der Waals surface area contributed by atoms with Crippen molar-refractivity contribution in [3.8, 4) is 0 Å². The largest absolute Gasteiger partial charge is 0.523 e. The Morgan fingerprint density at radius 3 is 2.52 bits per heavy atom. The fourth-order valence-corrected chi connectivity index (χ4v) is 3.24. The molecule has 0 radical (unpaired) electrons. The Bertz CT molecular complexity index is 587. The first kappa shape index (κ1) is 17.9. The Morgan fingerprint density at radius 1 is 1.29 bits per heavy atom. The van der Waals surface area contributed by atoms with Crippen LogP contribution in [0.2, 0.25) is 0 Å². The zero-order valence-corrected chi connectivity index (χ0v) is 12.4. The SMILES string of the molecule is CC(OS(=O)(=O)C(F)(F)F)C1CCCc2ccccc21.N. The van der Waals surface area contributed by atoms with Crippen molar-refractivity contribution in [2.45, 2.75) is 43.7 Å². The number of hydrogen-bond acceptors (Lipinski definition) is 4. The fraction of sp³-hybridized carbons (Fsp3) is 0.538. The van der Waals surface area contributed by atoms with Gasteiger partial charge in [-0.3, -0.25) is 4.18 Å². The lowest BCUT2D eigenvalue weighted by Crippen LogP contribution is -2.32. The summed E-state index contributed by atoms with van der Waals surface area (Å²) < 4.78 is 63.5. The molecule has 21 heavy (non-hydrogen) atoms. The van der Waals surface area contributed by atoms with Crippen LogP contribution in [0.15, 0.2) is 24.3 Å². The third-order valence-corrected chi connectivity index (χ3v) is 4.67. The highest BCUT2D eigenvalue weighted by Gasteiger charge is 2.49. The van der Waals surface area contributed by atoms with Gasteiger partial charge in [0, 0.05) is 5.92 Å². The van der Waals surface area contributed by atoms with Crippen LogP contribution in [0, 0.1) is 0 Å². The van der Waals surface area contributed by atoms with Crippen molar-refractivity contribution in [2.75, 3.05) is 0 Å². The van der Waals surface area contributed by atoms with Crippen LogP contribution in [-0.4, -0.2) is 20.0 Å². The molecule has 2 unspecified atom stereocenters. The predicted octanol–water partition coefficient (Wildman–Crippen LogP) is 3.52. The minimum Gasteiger partial charge on any atom is -0.344 e. The second kappa shape index (κ2) is 6.33. The average Bonchev–Trinajstić information content (AvgIpc) is 2.36. The summed E-state index contributed by atoms with van der Waals surface area (Å²) >= 11 is 0. The molecular weight excluding hydrogens is 307 g/mol. The predicted molar refractivity (Wildman–Crippen MR) is 72.7 cm³/mol. The molecule has 1 aliphatic carbocycles. The zero-order chi connectivity index (χ0) is 15.0. The van der Waals surface area contributed by atoms with E-state index in [9.17, 15) is 21.6 Å². The normalized spacial score (nSPS) is 20.3. The van der Waals surface area contributed by atoms with Gasteiger partial charge in [-0.2, -0.15) is 21.6 Å². The van der Waals surface area contributed by atoms with Crippen molar-refractivity contribution in [2.24, 2.45) is 0 Å². The maximum Gasteiger partial charge on any atom is 0.523 e. The van der Waals surface area contributed by atoms with E-state index in [1.165, 1.54) is 6.92 Å². The summed E-state index contributed by atoms with van der Waals surface area (Å²) in [6.45, 7) is 1.37. The Balaban J connectivity index is 0.00000220. The highest BCUT2D eigenvalue weighted by Crippen LogP contribution is 2.37. The second-order valence-electron chi connectivity index (χ2n) is 4.90. The van der Waals surface area contributed by atoms with Crippen LogP contribution in [-0.2, 0) is 20.7 Å². The Kier molecular flexibility index (Phi) is 5.40. The second-order valence-corrected chi connectivity index (χ2v) is 6.46. The first-order chi connectivity index (χ1) is 9.22. The molecule has 0 fully saturated rings. The van der Waals surface area contributed by atoms with E-state index >= 15 is 0 Å². The van der Waals surface area contributed by atoms with E-state index in [0.29, 0.717) is 6.42 Å². The summed E-state index contributed by atoms with van der Waals surface area (Å²) in [4.78, 5) is 0.